The van der Waals surface area contributed by atoms with Crippen molar-refractivity contribution in [3.05, 3.63) is 12.1 Å². The van der Waals surface area contributed by atoms with Crippen molar-refractivity contribution in [3.63, 3.8) is 0 Å². The average Bonchev–Trinajstić information content (AvgIpc) is 2.35. The molecule has 2 rings (SSSR count). The van der Waals surface area contributed by atoms with E-state index < -0.39 is 0 Å². The van der Waals surface area contributed by atoms with Crippen LogP contribution in [0.2, 0.25) is 0 Å². The third-order valence-corrected chi connectivity index (χ3v) is 2.50. The molecule has 0 unspecified atom stereocenters. The topological polar surface area (TPSA) is 82.8 Å². The van der Waals surface area contributed by atoms with E-state index in [9.17, 15) is 4.79 Å². The molecular formula is C12H16N2O4. The fourth-order valence-electron chi connectivity index (χ4n) is 1.63. The first-order valence-electron chi connectivity index (χ1n) is 5.68. The van der Waals surface area contributed by atoms with E-state index in [2.05, 4.69) is 5.32 Å². The molecule has 1 aliphatic rings. The number of nitrogens with one attached hydrogen (secondary N) is 1. The SMILES string of the molecule is COCCCOc1cc2c(cc1N)OCC(=O)N2. The third kappa shape index (κ3) is 2.84. The molecule has 0 radical (unpaired) electrons. The van der Waals surface area contributed by atoms with Crippen LogP contribution < -0.4 is 20.5 Å². The Balaban J connectivity index is 2.06. The zero-order valence-corrected chi connectivity index (χ0v) is 10.2. The summed E-state index contributed by atoms with van der Waals surface area (Å²) in [4.78, 5) is 11.2. The monoisotopic (exact) mass is 252 g/mol. The summed E-state index contributed by atoms with van der Waals surface area (Å²) in [6.45, 7) is 1.15. The Morgan fingerprint density at radius 2 is 2.28 bits per heavy atom. The fraction of sp³-hybridized carbons (Fsp3) is 0.417. The van der Waals surface area contributed by atoms with Gasteiger partial charge in [0.25, 0.3) is 5.91 Å². The van der Waals surface area contributed by atoms with E-state index in [1.165, 1.54) is 0 Å². The van der Waals surface area contributed by atoms with Crippen molar-refractivity contribution in [1.29, 1.82) is 0 Å². The molecule has 1 aliphatic heterocycles. The first-order chi connectivity index (χ1) is 8.70. The van der Waals surface area contributed by atoms with Crippen LogP contribution in [0.15, 0.2) is 12.1 Å². The van der Waals surface area contributed by atoms with E-state index in [4.69, 9.17) is 19.9 Å². The Kier molecular flexibility index (Phi) is 3.88. The molecule has 3 N–H and O–H groups in total. The van der Waals surface area contributed by atoms with Crippen molar-refractivity contribution < 1.29 is 19.0 Å². The summed E-state index contributed by atoms with van der Waals surface area (Å²) in [5.41, 5.74) is 6.92. The predicted octanol–water partition coefficient (Wildman–Crippen LogP) is 1.02. The maximum absolute atomic E-state index is 11.2. The normalized spacial score (nSPS) is 13.5. The molecule has 0 saturated heterocycles. The lowest BCUT2D eigenvalue weighted by atomic mass is 10.2. The van der Waals surface area contributed by atoms with Crippen LogP contribution in [0.3, 0.4) is 0 Å². The molecule has 0 bridgehead atoms. The second kappa shape index (κ2) is 5.59. The summed E-state index contributed by atoms with van der Waals surface area (Å²) < 4.78 is 15.7. The highest BCUT2D eigenvalue weighted by Gasteiger charge is 2.18. The molecular weight excluding hydrogens is 236 g/mol. The van der Waals surface area contributed by atoms with Crippen LogP contribution in [0, 0.1) is 0 Å². The predicted molar refractivity (Wildman–Crippen MR) is 67.0 cm³/mol. The molecule has 18 heavy (non-hydrogen) atoms. The van der Waals surface area contributed by atoms with Gasteiger partial charge in [0, 0.05) is 32.3 Å². The maximum Gasteiger partial charge on any atom is 0.262 e. The van der Waals surface area contributed by atoms with Crippen molar-refractivity contribution >= 4 is 17.3 Å². The summed E-state index contributed by atoms with van der Waals surface area (Å²) in [5.74, 6) is 0.921. The minimum Gasteiger partial charge on any atom is -0.491 e. The van der Waals surface area contributed by atoms with Gasteiger partial charge in [0.05, 0.1) is 18.0 Å². The lowest BCUT2D eigenvalue weighted by Crippen LogP contribution is -2.25. The van der Waals surface area contributed by atoms with E-state index in [0.717, 1.165) is 6.42 Å². The smallest absolute Gasteiger partial charge is 0.262 e. The maximum atomic E-state index is 11.2. The van der Waals surface area contributed by atoms with Crippen molar-refractivity contribution in [1.82, 2.24) is 0 Å². The number of fused-ring (bicyclic) bond motifs is 1. The molecule has 0 aromatic heterocycles. The number of methoxy groups -OCH3 is 1. The lowest BCUT2D eigenvalue weighted by molar-refractivity contribution is -0.118. The van der Waals surface area contributed by atoms with Gasteiger partial charge in [0.1, 0.15) is 11.5 Å². The quantitative estimate of drug-likeness (QED) is 0.603. The van der Waals surface area contributed by atoms with Crippen LogP contribution in [-0.2, 0) is 9.53 Å². The van der Waals surface area contributed by atoms with E-state index in [-0.39, 0.29) is 12.5 Å². The molecule has 0 fully saturated rings. The highest BCUT2D eigenvalue weighted by molar-refractivity contribution is 5.96. The summed E-state index contributed by atoms with van der Waals surface area (Å²) in [6.07, 6.45) is 0.774. The van der Waals surface area contributed by atoms with Crippen LogP contribution in [0.1, 0.15) is 6.42 Å². The van der Waals surface area contributed by atoms with Crippen LogP contribution in [0.4, 0.5) is 11.4 Å². The molecule has 0 spiro atoms. The fourth-order valence-corrected chi connectivity index (χ4v) is 1.63. The molecule has 0 aliphatic carbocycles. The minimum atomic E-state index is -0.183. The molecule has 0 atom stereocenters. The van der Waals surface area contributed by atoms with Gasteiger partial charge in [-0.2, -0.15) is 0 Å². The highest BCUT2D eigenvalue weighted by atomic mass is 16.5. The number of rotatable bonds is 5. The largest absolute Gasteiger partial charge is 0.491 e. The Labute approximate surface area is 105 Å². The Morgan fingerprint density at radius 3 is 3.06 bits per heavy atom. The number of nitrogens with two attached hydrogens (primary N) is 1. The molecule has 1 aromatic rings. The first kappa shape index (κ1) is 12.5. The van der Waals surface area contributed by atoms with Crippen LogP contribution in [-0.4, -0.2) is 32.8 Å². The van der Waals surface area contributed by atoms with Crippen LogP contribution in [0.25, 0.3) is 0 Å². The Hall–Kier alpha value is -1.95. The standard InChI is InChI=1S/C12H16N2O4/c1-16-3-2-4-17-10-6-9-11(5-8(10)13)18-7-12(15)14-9/h5-6H,2-4,7,13H2,1H3,(H,14,15). The van der Waals surface area contributed by atoms with Gasteiger partial charge in [0.2, 0.25) is 0 Å². The third-order valence-electron chi connectivity index (χ3n) is 2.50. The van der Waals surface area contributed by atoms with Crippen molar-refractivity contribution in [2.24, 2.45) is 0 Å². The summed E-state index contributed by atoms with van der Waals surface area (Å²) in [7, 11) is 1.64. The van der Waals surface area contributed by atoms with Gasteiger partial charge < -0.3 is 25.3 Å². The van der Waals surface area contributed by atoms with Gasteiger partial charge in [0.15, 0.2) is 6.61 Å². The summed E-state index contributed by atoms with van der Waals surface area (Å²) >= 11 is 0. The summed E-state index contributed by atoms with van der Waals surface area (Å²) in [6, 6.07) is 3.33. The number of amides is 1. The van der Waals surface area contributed by atoms with Gasteiger partial charge in [-0.15, -0.1) is 0 Å². The van der Waals surface area contributed by atoms with Crippen molar-refractivity contribution in [2.45, 2.75) is 6.42 Å². The zero-order valence-electron chi connectivity index (χ0n) is 10.2. The molecule has 1 amide bonds. The van der Waals surface area contributed by atoms with Gasteiger partial charge in [-0.05, 0) is 0 Å². The average molecular weight is 252 g/mol. The number of anilines is 2. The van der Waals surface area contributed by atoms with Gasteiger partial charge in [-0.1, -0.05) is 0 Å². The minimum absolute atomic E-state index is 0.0144. The number of carbonyl (C=O) groups is 1. The van der Waals surface area contributed by atoms with Crippen LogP contribution >= 0.6 is 0 Å². The molecule has 0 saturated carbocycles. The number of ether oxygens (including phenoxy) is 3. The van der Waals surface area contributed by atoms with Gasteiger partial charge in [-0.3, -0.25) is 4.79 Å². The second-order valence-electron chi connectivity index (χ2n) is 3.92. The van der Waals surface area contributed by atoms with Gasteiger partial charge >= 0.3 is 0 Å². The van der Waals surface area contributed by atoms with Crippen LogP contribution in [0.5, 0.6) is 11.5 Å². The number of carbonyl (C=O) groups excluding carboxylic acids is 1. The first-order valence-corrected chi connectivity index (χ1v) is 5.68. The molecule has 6 nitrogen and oxygen atoms in total. The molecule has 1 aromatic carbocycles. The number of nitrogen functional groups attached to an aromatic ring is 1. The Morgan fingerprint density at radius 1 is 1.44 bits per heavy atom. The molecule has 98 valence electrons. The van der Waals surface area contributed by atoms with E-state index in [0.29, 0.717) is 36.1 Å². The number of benzene rings is 1. The zero-order chi connectivity index (χ0) is 13.0. The molecule has 1 heterocycles. The Bertz CT molecular complexity index is 448. The van der Waals surface area contributed by atoms with E-state index in [1.807, 2.05) is 0 Å². The highest BCUT2D eigenvalue weighted by Crippen LogP contribution is 2.36. The van der Waals surface area contributed by atoms with Gasteiger partial charge in [-0.25, -0.2) is 0 Å². The number of hydrogen-bond donors (Lipinski definition) is 2. The van der Waals surface area contributed by atoms with E-state index >= 15 is 0 Å². The summed E-state index contributed by atoms with van der Waals surface area (Å²) in [5, 5.41) is 2.70. The van der Waals surface area contributed by atoms with Crippen molar-refractivity contribution in [3.8, 4) is 11.5 Å². The second-order valence-corrected chi connectivity index (χ2v) is 3.92. The van der Waals surface area contributed by atoms with E-state index in [1.54, 1.807) is 19.2 Å². The number of hydrogen-bond acceptors (Lipinski definition) is 5. The van der Waals surface area contributed by atoms with Crippen molar-refractivity contribution in [2.75, 3.05) is 38.0 Å². The lowest BCUT2D eigenvalue weighted by Gasteiger charge is -2.20. The molecule has 6 heteroatoms.